The van der Waals surface area contributed by atoms with Crippen LogP contribution in [0.4, 0.5) is 0 Å². The Bertz CT molecular complexity index is 418. The molecule has 1 rings (SSSR count). The summed E-state index contributed by atoms with van der Waals surface area (Å²) in [6.07, 6.45) is 0. The van der Waals surface area contributed by atoms with E-state index in [-0.39, 0.29) is 12.5 Å². The minimum atomic E-state index is -0.937. The number of aliphatic carboxylic acids is 1. The molecule has 5 heteroatoms. The van der Waals surface area contributed by atoms with Crippen LogP contribution in [0.5, 0.6) is 0 Å². The lowest BCUT2D eigenvalue weighted by atomic mass is 9.94. The maximum absolute atomic E-state index is 11.6. The van der Waals surface area contributed by atoms with Crippen molar-refractivity contribution >= 4 is 23.6 Å². The molecule has 0 unspecified atom stereocenters. The topological polar surface area (TPSA) is 66.4 Å². The zero-order valence-corrected chi connectivity index (χ0v) is 11.3. The van der Waals surface area contributed by atoms with Crippen molar-refractivity contribution in [3.05, 3.63) is 30.3 Å². The van der Waals surface area contributed by atoms with Crippen LogP contribution in [-0.2, 0) is 9.59 Å². The van der Waals surface area contributed by atoms with Gasteiger partial charge >= 0.3 is 5.97 Å². The Morgan fingerprint density at radius 1 is 1.28 bits per heavy atom. The predicted molar refractivity (Wildman–Crippen MR) is 71.6 cm³/mol. The van der Waals surface area contributed by atoms with E-state index in [0.717, 1.165) is 4.90 Å². The van der Waals surface area contributed by atoms with Gasteiger partial charge in [0.2, 0.25) is 5.91 Å². The van der Waals surface area contributed by atoms with Crippen LogP contribution in [0.25, 0.3) is 0 Å². The molecule has 2 N–H and O–H groups in total. The minimum Gasteiger partial charge on any atom is -0.481 e. The molecule has 0 aliphatic heterocycles. The van der Waals surface area contributed by atoms with Crippen molar-refractivity contribution in [1.82, 2.24) is 5.32 Å². The van der Waals surface area contributed by atoms with Gasteiger partial charge in [0.1, 0.15) is 0 Å². The number of carbonyl (C=O) groups excluding carboxylic acids is 1. The molecule has 0 radical (unpaired) electrons. The van der Waals surface area contributed by atoms with E-state index in [4.69, 9.17) is 5.11 Å². The maximum Gasteiger partial charge on any atom is 0.310 e. The van der Waals surface area contributed by atoms with Crippen molar-refractivity contribution in [2.75, 3.05) is 12.3 Å². The van der Waals surface area contributed by atoms with E-state index in [1.54, 1.807) is 13.8 Å². The van der Waals surface area contributed by atoms with Crippen LogP contribution in [-0.4, -0.2) is 29.3 Å². The Balaban J connectivity index is 2.33. The lowest BCUT2D eigenvalue weighted by Crippen LogP contribution is -2.39. The highest BCUT2D eigenvalue weighted by atomic mass is 32.2. The first kappa shape index (κ1) is 14.6. The first-order valence-corrected chi connectivity index (χ1v) is 6.58. The Morgan fingerprint density at radius 2 is 1.89 bits per heavy atom. The quantitative estimate of drug-likeness (QED) is 0.774. The number of hydrogen-bond donors (Lipinski definition) is 2. The van der Waals surface area contributed by atoms with E-state index in [0.29, 0.717) is 5.75 Å². The van der Waals surface area contributed by atoms with Gasteiger partial charge in [0.25, 0.3) is 0 Å². The minimum absolute atomic E-state index is 0.135. The third-order valence-corrected chi connectivity index (χ3v) is 3.43. The number of amides is 1. The van der Waals surface area contributed by atoms with Gasteiger partial charge in [-0.3, -0.25) is 9.59 Å². The van der Waals surface area contributed by atoms with Crippen LogP contribution in [0.3, 0.4) is 0 Å². The first-order valence-electron chi connectivity index (χ1n) is 5.60. The molecule has 0 atom stereocenters. The summed E-state index contributed by atoms with van der Waals surface area (Å²) in [5.74, 6) is -0.781. The van der Waals surface area contributed by atoms with E-state index in [2.05, 4.69) is 5.32 Å². The lowest BCUT2D eigenvalue weighted by molar-refractivity contribution is -0.146. The van der Waals surface area contributed by atoms with E-state index in [9.17, 15) is 9.59 Å². The summed E-state index contributed by atoms with van der Waals surface area (Å²) >= 11 is 1.43. The van der Waals surface area contributed by atoms with Crippen LogP contribution in [0, 0.1) is 5.41 Å². The molecule has 1 aromatic carbocycles. The third-order valence-electron chi connectivity index (χ3n) is 2.42. The summed E-state index contributed by atoms with van der Waals surface area (Å²) in [5, 5.41) is 11.5. The molecular formula is C13H17NO3S. The molecule has 0 fully saturated rings. The molecule has 18 heavy (non-hydrogen) atoms. The smallest absolute Gasteiger partial charge is 0.310 e. The number of benzene rings is 1. The Morgan fingerprint density at radius 3 is 2.44 bits per heavy atom. The highest BCUT2D eigenvalue weighted by Crippen LogP contribution is 2.17. The second-order valence-electron chi connectivity index (χ2n) is 4.57. The number of carbonyl (C=O) groups is 2. The molecular weight excluding hydrogens is 250 g/mol. The summed E-state index contributed by atoms with van der Waals surface area (Å²) in [6.45, 7) is 3.30. The standard InChI is InChI=1S/C13H17NO3S/c1-13(2,12(16)17)9-14-11(15)8-18-10-6-4-3-5-7-10/h3-7H,8-9H2,1-2H3,(H,14,15)(H,16,17). The van der Waals surface area contributed by atoms with Gasteiger partial charge in [-0.15, -0.1) is 11.8 Å². The SMILES string of the molecule is CC(C)(CNC(=O)CSc1ccccc1)C(=O)O. The average Bonchev–Trinajstić information content (AvgIpc) is 2.35. The van der Waals surface area contributed by atoms with Gasteiger partial charge in [-0.1, -0.05) is 18.2 Å². The first-order chi connectivity index (χ1) is 8.42. The number of hydrogen-bond acceptors (Lipinski definition) is 3. The van der Waals surface area contributed by atoms with Gasteiger partial charge in [-0.2, -0.15) is 0 Å². The molecule has 0 aliphatic carbocycles. The molecule has 0 aliphatic rings. The zero-order chi connectivity index (χ0) is 13.6. The van der Waals surface area contributed by atoms with Gasteiger partial charge < -0.3 is 10.4 Å². The summed E-state index contributed by atoms with van der Waals surface area (Å²) in [5.41, 5.74) is -0.937. The molecule has 1 aromatic rings. The normalized spacial score (nSPS) is 11.0. The van der Waals surface area contributed by atoms with E-state index < -0.39 is 11.4 Å². The van der Waals surface area contributed by atoms with E-state index >= 15 is 0 Å². The van der Waals surface area contributed by atoms with Crippen LogP contribution < -0.4 is 5.32 Å². The molecule has 1 amide bonds. The molecule has 4 nitrogen and oxygen atoms in total. The van der Waals surface area contributed by atoms with Crippen molar-refractivity contribution in [3.8, 4) is 0 Å². The van der Waals surface area contributed by atoms with E-state index in [1.807, 2.05) is 30.3 Å². The fourth-order valence-corrected chi connectivity index (χ4v) is 1.86. The maximum atomic E-state index is 11.6. The van der Waals surface area contributed by atoms with Crippen LogP contribution in [0.2, 0.25) is 0 Å². The molecule has 0 bridgehead atoms. The highest BCUT2D eigenvalue weighted by Gasteiger charge is 2.27. The number of thioether (sulfide) groups is 1. The second-order valence-corrected chi connectivity index (χ2v) is 5.62. The Labute approximate surface area is 111 Å². The molecule has 0 saturated heterocycles. The molecule has 0 saturated carbocycles. The van der Waals surface area contributed by atoms with Crippen LogP contribution in [0.15, 0.2) is 35.2 Å². The molecule has 98 valence electrons. The predicted octanol–water partition coefficient (Wildman–Crippen LogP) is 2.01. The zero-order valence-electron chi connectivity index (χ0n) is 10.5. The van der Waals surface area contributed by atoms with Crippen molar-refractivity contribution in [1.29, 1.82) is 0 Å². The Hall–Kier alpha value is -1.49. The summed E-state index contributed by atoms with van der Waals surface area (Å²) in [7, 11) is 0. The fraction of sp³-hybridized carbons (Fsp3) is 0.385. The number of carboxylic acids is 1. The van der Waals surface area contributed by atoms with Crippen LogP contribution >= 0.6 is 11.8 Å². The Kier molecular flexibility index (Phi) is 5.22. The van der Waals surface area contributed by atoms with Gasteiger partial charge in [-0.05, 0) is 26.0 Å². The largest absolute Gasteiger partial charge is 0.481 e. The lowest BCUT2D eigenvalue weighted by Gasteiger charge is -2.19. The monoisotopic (exact) mass is 267 g/mol. The summed E-state index contributed by atoms with van der Waals surface area (Å²) < 4.78 is 0. The number of rotatable bonds is 6. The summed E-state index contributed by atoms with van der Waals surface area (Å²) in [4.78, 5) is 23.4. The van der Waals surface area contributed by atoms with Crippen molar-refractivity contribution < 1.29 is 14.7 Å². The highest BCUT2D eigenvalue weighted by molar-refractivity contribution is 8.00. The van der Waals surface area contributed by atoms with Gasteiger partial charge in [0.05, 0.1) is 11.2 Å². The van der Waals surface area contributed by atoms with Crippen LogP contribution in [0.1, 0.15) is 13.8 Å². The average molecular weight is 267 g/mol. The van der Waals surface area contributed by atoms with Crippen molar-refractivity contribution in [3.63, 3.8) is 0 Å². The van der Waals surface area contributed by atoms with E-state index in [1.165, 1.54) is 11.8 Å². The molecule has 0 aromatic heterocycles. The van der Waals surface area contributed by atoms with Gasteiger partial charge in [0, 0.05) is 11.4 Å². The second kappa shape index (κ2) is 6.44. The molecule has 0 heterocycles. The molecule has 0 spiro atoms. The fourth-order valence-electron chi connectivity index (χ4n) is 1.11. The number of carboxylic acid groups (broad SMARTS) is 1. The number of nitrogens with one attached hydrogen (secondary N) is 1. The van der Waals surface area contributed by atoms with Crippen molar-refractivity contribution in [2.24, 2.45) is 5.41 Å². The third kappa shape index (κ3) is 4.79. The summed E-state index contributed by atoms with van der Waals surface area (Å²) in [6, 6.07) is 9.60. The van der Waals surface area contributed by atoms with Gasteiger partial charge in [0.15, 0.2) is 0 Å². The van der Waals surface area contributed by atoms with Gasteiger partial charge in [-0.25, -0.2) is 0 Å². The van der Waals surface area contributed by atoms with Crippen molar-refractivity contribution in [2.45, 2.75) is 18.7 Å².